The van der Waals surface area contributed by atoms with Crippen LogP contribution in [-0.2, 0) is 19.1 Å². The van der Waals surface area contributed by atoms with Crippen LogP contribution in [0.4, 0.5) is 0 Å². The second-order valence-electron chi connectivity index (χ2n) is 13.5. The lowest BCUT2D eigenvalue weighted by Gasteiger charge is -2.18. The van der Waals surface area contributed by atoms with Crippen molar-refractivity contribution in [3.8, 4) is 0 Å². The van der Waals surface area contributed by atoms with E-state index in [-0.39, 0.29) is 24.5 Å². The van der Waals surface area contributed by atoms with E-state index in [4.69, 9.17) is 9.84 Å². The summed E-state index contributed by atoms with van der Waals surface area (Å²) in [5.74, 6) is -1.26. The third kappa shape index (κ3) is 36.6. The highest BCUT2D eigenvalue weighted by molar-refractivity contribution is 5.80. The van der Waals surface area contributed by atoms with Gasteiger partial charge in [-0.05, 0) is 83.5 Å². The van der Waals surface area contributed by atoms with Crippen molar-refractivity contribution in [1.29, 1.82) is 0 Å². The van der Waals surface area contributed by atoms with Crippen LogP contribution in [0, 0.1) is 0 Å². The fourth-order valence-corrected chi connectivity index (χ4v) is 5.86. The van der Waals surface area contributed by atoms with Gasteiger partial charge in [0, 0.05) is 12.8 Å². The van der Waals surface area contributed by atoms with E-state index in [0.29, 0.717) is 12.8 Å². The number of carboxylic acid groups (broad SMARTS) is 1. The first kappa shape index (κ1) is 44.9. The Kier molecular flexibility index (Phi) is 35.1. The van der Waals surface area contributed by atoms with E-state index in [1.54, 1.807) is 0 Å². The molecule has 0 aliphatic carbocycles. The summed E-state index contributed by atoms with van der Waals surface area (Å²) in [6.45, 7) is 4.20. The van der Waals surface area contributed by atoms with Crippen LogP contribution in [0.2, 0.25) is 0 Å². The van der Waals surface area contributed by atoms with Crippen molar-refractivity contribution in [3.05, 3.63) is 24.3 Å². The maximum atomic E-state index is 12.7. The van der Waals surface area contributed by atoms with Gasteiger partial charge in [-0.15, -0.1) is 0 Å². The SMILES string of the molecule is CCCCCCC/C=C\CCCCCCCC(=O)OC(CCC/C=C\CCCCCCCC)CCCCCCCC(=O)NCC(=O)O. The molecular weight excluding hydrogens is 586 g/mol. The van der Waals surface area contributed by atoms with Crippen LogP contribution in [0.3, 0.4) is 0 Å². The first-order chi connectivity index (χ1) is 23.0. The minimum atomic E-state index is -1.02. The van der Waals surface area contributed by atoms with Crippen molar-refractivity contribution in [2.75, 3.05) is 6.54 Å². The number of nitrogens with one attached hydrogen (secondary N) is 1. The van der Waals surface area contributed by atoms with Gasteiger partial charge in [-0.3, -0.25) is 14.4 Å². The molecule has 0 saturated heterocycles. The van der Waals surface area contributed by atoms with Crippen molar-refractivity contribution in [2.45, 2.75) is 213 Å². The Morgan fingerprint density at radius 3 is 1.45 bits per heavy atom. The molecule has 6 heteroatoms. The second-order valence-corrected chi connectivity index (χ2v) is 13.5. The molecule has 6 nitrogen and oxygen atoms in total. The molecule has 1 amide bonds. The third-order valence-corrected chi connectivity index (χ3v) is 8.85. The number of hydrogen-bond acceptors (Lipinski definition) is 4. The van der Waals surface area contributed by atoms with Gasteiger partial charge in [-0.1, -0.05) is 134 Å². The standard InChI is InChI=1S/C41H75NO5/c1-3-5-7-9-11-13-15-16-17-19-21-23-28-32-36-41(46)47-38(33-29-25-22-20-18-14-12-10-8-6-4-2)34-30-26-24-27-31-35-39(43)42-37-40(44)45/h15-16,20,22,38H,3-14,17-19,21,23-37H2,1-2H3,(H,42,43)(H,44,45)/b16-15-,22-20-. The minimum Gasteiger partial charge on any atom is -0.480 e. The van der Waals surface area contributed by atoms with Gasteiger partial charge in [0.1, 0.15) is 12.6 Å². The van der Waals surface area contributed by atoms with Crippen molar-refractivity contribution < 1.29 is 24.2 Å². The molecule has 0 fully saturated rings. The Hall–Kier alpha value is -2.11. The number of carboxylic acids is 1. The van der Waals surface area contributed by atoms with Crippen LogP contribution in [-0.4, -0.2) is 35.6 Å². The van der Waals surface area contributed by atoms with E-state index in [0.717, 1.165) is 70.6 Å². The maximum Gasteiger partial charge on any atom is 0.322 e. The van der Waals surface area contributed by atoms with E-state index in [2.05, 4.69) is 43.5 Å². The van der Waals surface area contributed by atoms with E-state index < -0.39 is 5.97 Å². The Morgan fingerprint density at radius 2 is 0.936 bits per heavy atom. The Balaban J connectivity index is 4.21. The number of carbonyl (C=O) groups excluding carboxylic acids is 2. The zero-order valence-corrected chi connectivity index (χ0v) is 30.9. The molecule has 1 atom stereocenters. The molecule has 0 heterocycles. The lowest BCUT2D eigenvalue weighted by molar-refractivity contribution is -0.150. The Morgan fingerprint density at radius 1 is 0.532 bits per heavy atom. The summed E-state index contributed by atoms with van der Waals surface area (Å²) in [6.07, 6.45) is 42.9. The van der Waals surface area contributed by atoms with Crippen molar-refractivity contribution >= 4 is 17.8 Å². The van der Waals surface area contributed by atoms with Gasteiger partial charge in [0.25, 0.3) is 0 Å². The number of aliphatic carboxylic acids is 1. The van der Waals surface area contributed by atoms with Gasteiger partial charge in [-0.2, -0.15) is 0 Å². The van der Waals surface area contributed by atoms with Gasteiger partial charge >= 0.3 is 11.9 Å². The van der Waals surface area contributed by atoms with E-state index >= 15 is 0 Å². The summed E-state index contributed by atoms with van der Waals surface area (Å²) in [7, 11) is 0. The molecule has 274 valence electrons. The number of carbonyl (C=O) groups is 3. The number of esters is 1. The highest BCUT2D eigenvalue weighted by atomic mass is 16.5. The zero-order valence-electron chi connectivity index (χ0n) is 30.9. The van der Waals surface area contributed by atoms with Crippen molar-refractivity contribution in [1.82, 2.24) is 5.32 Å². The summed E-state index contributed by atoms with van der Waals surface area (Å²) in [5, 5.41) is 11.1. The number of amides is 1. The fourth-order valence-electron chi connectivity index (χ4n) is 5.86. The highest BCUT2D eigenvalue weighted by Crippen LogP contribution is 2.18. The smallest absolute Gasteiger partial charge is 0.322 e. The molecule has 1 unspecified atom stereocenters. The number of rotatable bonds is 36. The molecule has 0 bridgehead atoms. The first-order valence-corrected chi connectivity index (χ1v) is 20.0. The molecule has 0 rings (SSSR count). The molecule has 0 saturated carbocycles. The van der Waals surface area contributed by atoms with Gasteiger partial charge in [0.2, 0.25) is 5.91 Å². The monoisotopic (exact) mass is 662 g/mol. The predicted molar refractivity (Wildman–Crippen MR) is 199 cm³/mol. The van der Waals surface area contributed by atoms with Crippen LogP contribution < -0.4 is 5.32 Å². The maximum absolute atomic E-state index is 12.7. The van der Waals surface area contributed by atoms with Crippen LogP contribution in [0.15, 0.2) is 24.3 Å². The Bertz CT molecular complexity index is 778. The molecule has 0 aromatic heterocycles. The summed E-state index contributed by atoms with van der Waals surface area (Å²) >= 11 is 0. The van der Waals surface area contributed by atoms with Crippen LogP contribution in [0.5, 0.6) is 0 Å². The number of ether oxygens (including phenoxy) is 1. The molecular formula is C41H75NO5. The molecule has 0 radical (unpaired) electrons. The topological polar surface area (TPSA) is 92.7 Å². The van der Waals surface area contributed by atoms with Crippen LogP contribution in [0.1, 0.15) is 206 Å². The average molecular weight is 662 g/mol. The van der Waals surface area contributed by atoms with E-state index in [1.807, 2.05) is 0 Å². The van der Waals surface area contributed by atoms with E-state index in [9.17, 15) is 14.4 Å². The van der Waals surface area contributed by atoms with Gasteiger partial charge in [0.15, 0.2) is 0 Å². The third-order valence-electron chi connectivity index (χ3n) is 8.85. The highest BCUT2D eigenvalue weighted by Gasteiger charge is 2.14. The first-order valence-electron chi connectivity index (χ1n) is 20.0. The molecule has 2 N–H and O–H groups in total. The zero-order chi connectivity index (χ0) is 34.5. The van der Waals surface area contributed by atoms with Crippen LogP contribution in [0.25, 0.3) is 0 Å². The molecule has 0 spiro atoms. The molecule has 47 heavy (non-hydrogen) atoms. The van der Waals surface area contributed by atoms with Crippen molar-refractivity contribution in [2.24, 2.45) is 0 Å². The predicted octanol–water partition coefficient (Wildman–Crippen LogP) is 12.0. The molecule has 0 aliphatic heterocycles. The summed E-state index contributed by atoms with van der Waals surface area (Å²) in [6, 6.07) is 0. The normalized spacial score (nSPS) is 12.2. The van der Waals surface area contributed by atoms with Gasteiger partial charge in [0.05, 0.1) is 0 Å². The van der Waals surface area contributed by atoms with Crippen molar-refractivity contribution in [3.63, 3.8) is 0 Å². The fraction of sp³-hybridized carbons (Fsp3) is 0.829. The number of unbranched alkanes of at least 4 members (excludes halogenated alkanes) is 21. The second kappa shape index (κ2) is 36.7. The van der Waals surface area contributed by atoms with Crippen LogP contribution >= 0.6 is 0 Å². The summed E-state index contributed by atoms with van der Waals surface area (Å²) < 4.78 is 5.99. The van der Waals surface area contributed by atoms with Gasteiger partial charge < -0.3 is 15.2 Å². The lowest BCUT2D eigenvalue weighted by Crippen LogP contribution is -2.28. The molecule has 0 aromatic carbocycles. The number of allylic oxidation sites excluding steroid dienone is 4. The van der Waals surface area contributed by atoms with E-state index in [1.165, 1.54) is 109 Å². The molecule has 0 aliphatic rings. The van der Waals surface area contributed by atoms with Gasteiger partial charge in [-0.25, -0.2) is 0 Å². The largest absolute Gasteiger partial charge is 0.480 e. The summed E-state index contributed by atoms with van der Waals surface area (Å²) in [4.78, 5) is 34.9. The minimum absolute atomic E-state index is 0.00491. The lowest BCUT2D eigenvalue weighted by atomic mass is 10.0. The quantitative estimate of drug-likeness (QED) is 0.0396. The average Bonchev–Trinajstić information content (AvgIpc) is 3.05. The molecule has 0 aromatic rings. The Labute approximate surface area is 290 Å². The summed E-state index contributed by atoms with van der Waals surface area (Å²) in [5.41, 5.74) is 0. The number of hydrogen-bond donors (Lipinski definition) is 2.